The van der Waals surface area contributed by atoms with Crippen LogP contribution in [0.5, 0.6) is 0 Å². The number of rotatable bonds is 7. The summed E-state index contributed by atoms with van der Waals surface area (Å²) in [6, 6.07) is 19.8. The number of benzene rings is 2. The fourth-order valence-electron chi connectivity index (χ4n) is 6.01. The van der Waals surface area contributed by atoms with Crippen LogP contribution in [0.1, 0.15) is 77.6 Å². The minimum atomic E-state index is -0.991. The molecule has 4 unspecified atom stereocenters. The zero-order valence-corrected chi connectivity index (χ0v) is 23.6. The van der Waals surface area contributed by atoms with E-state index in [1.54, 1.807) is 11.8 Å². The van der Waals surface area contributed by atoms with Gasteiger partial charge in [0.15, 0.2) is 0 Å². The van der Waals surface area contributed by atoms with Crippen LogP contribution in [0.15, 0.2) is 60.7 Å². The van der Waals surface area contributed by atoms with E-state index in [9.17, 15) is 19.5 Å². The maximum Gasteiger partial charge on any atom is 0.311 e. The van der Waals surface area contributed by atoms with Gasteiger partial charge in [0.25, 0.3) is 0 Å². The molecular formula is C31H43N3O4. The summed E-state index contributed by atoms with van der Waals surface area (Å²) < 4.78 is 0. The molecule has 2 aromatic rings. The molecule has 2 amide bonds. The number of amides is 2. The topological polar surface area (TPSA) is 104 Å². The van der Waals surface area contributed by atoms with Crippen molar-refractivity contribution in [2.75, 3.05) is 13.1 Å². The number of likely N-dealkylation sites (tertiary alicyclic amines) is 2. The highest BCUT2D eigenvalue weighted by atomic mass is 16.4. The van der Waals surface area contributed by atoms with Gasteiger partial charge < -0.3 is 20.6 Å². The van der Waals surface area contributed by atoms with Crippen LogP contribution >= 0.6 is 0 Å². The van der Waals surface area contributed by atoms with E-state index >= 15 is 0 Å². The van der Waals surface area contributed by atoms with Gasteiger partial charge in [-0.25, -0.2) is 0 Å². The number of aliphatic carboxylic acids is 1. The lowest BCUT2D eigenvalue weighted by Crippen LogP contribution is -2.44. The lowest BCUT2D eigenvalue weighted by atomic mass is 9.78. The van der Waals surface area contributed by atoms with Crippen LogP contribution in [-0.4, -0.2) is 51.3 Å². The van der Waals surface area contributed by atoms with E-state index in [0.29, 0.717) is 13.0 Å². The first-order valence-electron chi connectivity index (χ1n) is 13.6. The molecule has 4 rings (SSSR count). The van der Waals surface area contributed by atoms with Crippen molar-refractivity contribution in [3.05, 3.63) is 71.8 Å². The molecule has 2 aliphatic rings. The minimum Gasteiger partial charge on any atom is -0.481 e. The third-order valence-corrected chi connectivity index (χ3v) is 8.54. The van der Waals surface area contributed by atoms with Crippen molar-refractivity contribution in [3.8, 4) is 0 Å². The molecule has 7 nitrogen and oxygen atoms in total. The van der Waals surface area contributed by atoms with Gasteiger partial charge in [-0.2, -0.15) is 0 Å². The van der Waals surface area contributed by atoms with Crippen LogP contribution in [0.2, 0.25) is 0 Å². The summed E-state index contributed by atoms with van der Waals surface area (Å²) in [6.45, 7) is 12.5. The second-order valence-electron chi connectivity index (χ2n) is 11.3. The van der Waals surface area contributed by atoms with Crippen LogP contribution in [0.25, 0.3) is 0 Å². The predicted octanol–water partition coefficient (Wildman–Crippen LogP) is 5.04. The lowest BCUT2D eigenvalue weighted by Gasteiger charge is -2.26. The van der Waals surface area contributed by atoms with Crippen molar-refractivity contribution in [1.82, 2.24) is 9.80 Å². The van der Waals surface area contributed by atoms with E-state index in [1.807, 2.05) is 81.1 Å². The third kappa shape index (κ3) is 5.63. The van der Waals surface area contributed by atoms with Crippen LogP contribution in [0, 0.1) is 17.3 Å². The van der Waals surface area contributed by atoms with E-state index < -0.39 is 22.8 Å². The summed E-state index contributed by atoms with van der Waals surface area (Å²) in [5.41, 5.74) is 7.07. The highest BCUT2D eigenvalue weighted by molar-refractivity contribution is 5.91. The van der Waals surface area contributed by atoms with Crippen LogP contribution in [0.3, 0.4) is 0 Å². The number of carboxylic acid groups (broad SMARTS) is 1. The molecule has 2 saturated heterocycles. The molecule has 0 saturated carbocycles. The van der Waals surface area contributed by atoms with Gasteiger partial charge in [-0.1, -0.05) is 74.5 Å². The number of nitrogens with zero attached hydrogens (tertiary/aromatic N) is 2. The summed E-state index contributed by atoms with van der Waals surface area (Å²) in [5.74, 6) is -1.23. The standard InChI is InChI=1S/C16H21NO3.C15H22N2O/c1-4-13-14(18)17(10-16(13,3)15(19)20)11(2)12-8-6-5-7-9-12;1-4-13-14(18)17(10-15(13,3)16)11(2)12-8-6-5-7-9-12/h5-9,11,13H,4,10H2,1-3H3,(H,19,20);5-9,11,13H,4,10,16H2,1-3H3/t11-,13?,16?;11-,13?,15?/m11/s1. The van der Waals surface area contributed by atoms with Crippen LogP contribution in [0.4, 0.5) is 0 Å². The second kappa shape index (κ2) is 11.7. The van der Waals surface area contributed by atoms with Crippen molar-refractivity contribution < 1.29 is 19.5 Å². The van der Waals surface area contributed by atoms with Gasteiger partial charge in [-0.15, -0.1) is 0 Å². The number of hydrogen-bond donors (Lipinski definition) is 2. The van der Waals surface area contributed by atoms with Crippen molar-refractivity contribution >= 4 is 17.8 Å². The Labute approximate surface area is 227 Å². The quantitative estimate of drug-likeness (QED) is 0.531. The first-order chi connectivity index (χ1) is 17.9. The smallest absolute Gasteiger partial charge is 0.311 e. The summed E-state index contributed by atoms with van der Waals surface area (Å²) in [4.78, 5) is 40.1. The molecule has 2 aromatic carbocycles. The van der Waals surface area contributed by atoms with Gasteiger partial charge in [-0.3, -0.25) is 14.4 Å². The van der Waals surface area contributed by atoms with Gasteiger partial charge >= 0.3 is 5.97 Å². The fourth-order valence-corrected chi connectivity index (χ4v) is 6.01. The molecule has 0 radical (unpaired) electrons. The average Bonchev–Trinajstić information content (AvgIpc) is 3.32. The highest BCUT2D eigenvalue weighted by Crippen LogP contribution is 2.42. The molecule has 2 aliphatic heterocycles. The Morgan fingerprint density at radius 3 is 1.58 bits per heavy atom. The van der Waals surface area contributed by atoms with Gasteiger partial charge in [-0.05, 0) is 51.7 Å². The fraction of sp³-hybridized carbons (Fsp3) is 0.516. The molecule has 6 atom stereocenters. The molecule has 7 heteroatoms. The Morgan fingerprint density at radius 1 is 0.842 bits per heavy atom. The van der Waals surface area contributed by atoms with Crippen molar-refractivity contribution in [1.29, 1.82) is 0 Å². The molecular weight excluding hydrogens is 478 g/mol. The largest absolute Gasteiger partial charge is 0.481 e. The third-order valence-electron chi connectivity index (χ3n) is 8.54. The van der Waals surface area contributed by atoms with Gasteiger partial charge in [0.1, 0.15) is 0 Å². The van der Waals surface area contributed by atoms with E-state index in [-0.39, 0.29) is 36.4 Å². The minimum absolute atomic E-state index is 0.0475. The molecule has 0 spiro atoms. The van der Waals surface area contributed by atoms with E-state index in [4.69, 9.17) is 5.73 Å². The number of carbonyl (C=O) groups excluding carboxylic acids is 2. The maximum atomic E-state index is 12.5. The van der Waals surface area contributed by atoms with Crippen LogP contribution in [-0.2, 0) is 14.4 Å². The van der Waals surface area contributed by atoms with Gasteiger partial charge in [0, 0.05) is 18.6 Å². The summed E-state index contributed by atoms with van der Waals surface area (Å²) in [7, 11) is 0. The average molecular weight is 522 g/mol. The molecule has 0 aliphatic carbocycles. The Morgan fingerprint density at radius 2 is 1.24 bits per heavy atom. The van der Waals surface area contributed by atoms with Crippen LogP contribution < -0.4 is 5.73 Å². The number of carbonyl (C=O) groups is 3. The van der Waals surface area contributed by atoms with Crippen molar-refractivity contribution in [2.45, 2.75) is 72.0 Å². The van der Waals surface area contributed by atoms with E-state index in [1.165, 1.54) is 5.56 Å². The first kappa shape index (κ1) is 29.4. The highest BCUT2D eigenvalue weighted by Gasteiger charge is 2.54. The first-order valence-corrected chi connectivity index (χ1v) is 13.6. The van der Waals surface area contributed by atoms with Gasteiger partial charge in [0.2, 0.25) is 11.8 Å². The second-order valence-corrected chi connectivity index (χ2v) is 11.3. The summed E-state index contributed by atoms with van der Waals surface area (Å²) in [6.07, 6.45) is 1.36. The Balaban J connectivity index is 0.000000212. The number of carboxylic acids is 1. The van der Waals surface area contributed by atoms with Crippen molar-refractivity contribution in [3.63, 3.8) is 0 Å². The lowest BCUT2D eigenvalue weighted by molar-refractivity contribution is -0.150. The zero-order chi connectivity index (χ0) is 28.3. The molecule has 3 N–H and O–H groups in total. The molecule has 206 valence electrons. The molecule has 0 aromatic heterocycles. The summed E-state index contributed by atoms with van der Waals surface area (Å²) >= 11 is 0. The SMILES string of the molecule is CCC1C(=O)N([C@H](C)c2ccccc2)CC1(C)C(=O)O.CCC1C(=O)N([C@H](C)c2ccccc2)CC1(C)N. The molecule has 0 bridgehead atoms. The molecule has 2 fully saturated rings. The van der Waals surface area contributed by atoms with E-state index in [0.717, 1.165) is 12.0 Å². The molecule has 38 heavy (non-hydrogen) atoms. The summed E-state index contributed by atoms with van der Waals surface area (Å²) in [5, 5.41) is 9.48. The number of hydrogen-bond acceptors (Lipinski definition) is 4. The Kier molecular flexibility index (Phi) is 9.03. The van der Waals surface area contributed by atoms with Crippen molar-refractivity contribution in [2.24, 2.45) is 23.0 Å². The normalized spacial score (nSPS) is 28.6. The predicted molar refractivity (Wildman–Crippen MR) is 149 cm³/mol. The van der Waals surface area contributed by atoms with E-state index in [2.05, 4.69) is 19.1 Å². The van der Waals surface area contributed by atoms with Gasteiger partial charge in [0.05, 0.1) is 29.3 Å². The maximum absolute atomic E-state index is 12.5. The Hall–Kier alpha value is -3.19. The molecule has 2 heterocycles. The zero-order valence-electron chi connectivity index (χ0n) is 23.6. The number of nitrogens with two attached hydrogens (primary N) is 1. The monoisotopic (exact) mass is 521 g/mol. The Bertz CT molecular complexity index is 1120.